The number of aromatic nitrogens is 2. The van der Waals surface area contributed by atoms with E-state index in [-0.39, 0.29) is 17.8 Å². The highest BCUT2D eigenvalue weighted by Gasteiger charge is 2.21. The number of aryl methyl sites for hydroxylation is 1. The number of nitrogens with zero attached hydrogens (tertiary/aromatic N) is 2. The largest absolute Gasteiger partial charge is 0.467 e. The number of hydrogen-bond donors (Lipinski definition) is 1. The van der Waals surface area contributed by atoms with Crippen molar-refractivity contribution in [2.24, 2.45) is 0 Å². The smallest absolute Gasteiger partial charge is 0.339 e. The van der Waals surface area contributed by atoms with Gasteiger partial charge >= 0.3 is 5.97 Å². The van der Waals surface area contributed by atoms with Crippen molar-refractivity contribution in [3.8, 4) is 11.3 Å². The van der Waals surface area contributed by atoms with Crippen LogP contribution in [-0.4, -0.2) is 28.6 Å². The molecule has 146 valence electrons. The molecule has 0 atom stereocenters. The summed E-state index contributed by atoms with van der Waals surface area (Å²) in [6.07, 6.45) is 1.52. The van der Waals surface area contributed by atoms with Crippen LogP contribution in [0.4, 0.5) is 0 Å². The van der Waals surface area contributed by atoms with Crippen LogP contribution in [0, 0.1) is 6.92 Å². The summed E-state index contributed by atoms with van der Waals surface area (Å²) in [7, 11) is 0. The van der Waals surface area contributed by atoms with Crippen molar-refractivity contribution in [2.75, 3.05) is 6.61 Å². The maximum absolute atomic E-state index is 12.7. The van der Waals surface area contributed by atoms with E-state index in [1.54, 1.807) is 25.1 Å². The highest BCUT2D eigenvalue weighted by atomic mass is 16.5. The van der Waals surface area contributed by atoms with E-state index in [0.29, 0.717) is 22.5 Å². The molecule has 0 aliphatic rings. The van der Waals surface area contributed by atoms with Gasteiger partial charge in [0.1, 0.15) is 5.76 Å². The van der Waals surface area contributed by atoms with Gasteiger partial charge in [0.25, 0.3) is 11.6 Å². The number of esters is 1. The molecular formula is C21H17N3O5. The van der Waals surface area contributed by atoms with Crippen molar-refractivity contribution in [2.45, 2.75) is 13.5 Å². The lowest BCUT2D eigenvalue weighted by molar-refractivity contribution is -0.124. The molecule has 0 unspecified atom stereocenters. The zero-order valence-electron chi connectivity index (χ0n) is 15.5. The molecule has 1 N–H and O–H groups in total. The van der Waals surface area contributed by atoms with E-state index in [1.165, 1.54) is 6.26 Å². The lowest BCUT2D eigenvalue weighted by Gasteiger charge is -2.08. The lowest BCUT2D eigenvalue weighted by Crippen LogP contribution is -2.28. The quantitative estimate of drug-likeness (QED) is 0.503. The number of rotatable bonds is 6. The highest BCUT2D eigenvalue weighted by Crippen LogP contribution is 2.27. The number of carbonyl (C=O) groups excluding carboxylic acids is 2. The Hall–Kier alpha value is -3.94. The van der Waals surface area contributed by atoms with Crippen LogP contribution >= 0.6 is 0 Å². The van der Waals surface area contributed by atoms with Gasteiger partial charge in [0, 0.05) is 5.56 Å². The van der Waals surface area contributed by atoms with Crippen LogP contribution in [0.15, 0.2) is 63.7 Å². The van der Waals surface area contributed by atoms with Gasteiger partial charge in [-0.25, -0.2) is 9.78 Å². The Morgan fingerprint density at radius 3 is 2.72 bits per heavy atom. The molecule has 0 aliphatic carbocycles. The van der Waals surface area contributed by atoms with Crippen molar-refractivity contribution in [3.05, 3.63) is 71.8 Å². The molecule has 1 amide bonds. The van der Waals surface area contributed by atoms with Crippen LogP contribution in [0.1, 0.15) is 21.8 Å². The van der Waals surface area contributed by atoms with Gasteiger partial charge in [0.05, 0.1) is 35.1 Å². The van der Waals surface area contributed by atoms with E-state index in [0.717, 1.165) is 5.56 Å². The number of nitrogens with one attached hydrogen (secondary N) is 1. The second-order valence-electron chi connectivity index (χ2n) is 6.30. The number of fused-ring (bicyclic) bond motifs is 1. The number of amides is 1. The summed E-state index contributed by atoms with van der Waals surface area (Å²) in [5.41, 5.74) is 2.35. The van der Waals surface area contributed by atoms with Crippen molar-refractivity contribution in [1.29, 1.82) is 0 Å². The average molecular weight is 391 g/mol. The Balaban J connectivity index is 1.53. The minimum absolute atomic E-state index is 0.214. The molecule has 1 aromatic carbocycles. The van der Waals surface area contributed by atoms with Crippen LogP contribution in [0.3, 0.4) is 0 Å². The van der Waals surface area contributed by atoms with E-state index in [2.05, 4.69) is 15.5 Å². The first-order valence-electron chi connectivity index (χ1n) is 8.90. The van der Waals surface area contributed by atoms with E-state index < -0.39 is 18.5 Å². The topological polar surface area (TPSA) is 107 Å². The van der Waals surface area contributed by atoms with Crippen LogP contribution in [0.2, 0.25) is 0 Å². The summed E-state index contributed by atoms with van der Waals surface area (Å²) < 4.78 is 15.6. The number of ether oxygens (including phenoxy) is 1. The summed E-state index contributed by atoms with van der Waals surface area (Å²) in [6.45, 7) is 1.50. The third-order valence-corrected chi connectivity index (χ3v) is 4.28. The first-order chi connectivity index (χ1) is 14.1. The van der Waals surface area contributed by atoms with Gasteiger partial charge in [-0.1, -0.05) is 35.5 Å². The number of benzene rings is 1. The van der Waals surface area contributed by atoms with E-state index in [4.69, 9.17) is 13.7 Å². The fourth-order valence-corrected chi connectivity index (χ4v) is 2.87. The summed E-state index contributed by atoms with van der Waals surface area (Å²) in [4.78, 5) is 29.1. The minimum atomic E-state index is -0.658. The second kappa shape index (κ2) is 7.97. The van der Waals surface area contributed by atoms with Crippen molar-refractivity contribution < 1.29 is 23.3 Å². The van der Waals surface area contributed by atoms with Crippen LogP contribution in [0.5, 0.6) is 0 Å². The molecule has 8 heteroatoms. The van der Waals surface area contributed by atoms with Crippen LogP contribution in [-0.2, 0) is 16.1 Å². The fraction of sp³-hybridized carbons (Fsp3) is 0.143. The standard InChI is InChI=1S/C21H17N3O5/c1-13-19-16(21(26)28-12-18(25)22-11-15-8-5-9-27-15)10-17(23-20(19)29-24-13)14-6-3-2-4-7-14/h2-10H,11-12H2,1H3,(H,22,25). The summed E-state index contributed by atoms with van der Waals surface area (Å²) in [5, 5.41) is 6.97. The van der Waals surface area contributed by atoms with Gasteiger partial charge in [0.2, 0.25) is 0 Å². The molecular weight excluding hydrogens is 374 g/mol. The number of furan rings is 1. The number of carbonyl (C=O) groups is 2. The first-order valence-corrected chi connectivity index (χ1v) is 8.90. The average Bonchev–Trinajstić information content (AvgIpc) is 3.40. The molecule has 0 bridgehead atoms. The zero-order valence-corrected chi connectivity index (χ0v) is 15.5. The molecule has 8 nitrogen and oxygen atoms in total. The maximum atomic E-state index is 12.7. The molecule has 0 fully saturated rings. The van der Waals surface area contributed by atoms with Crippen molar-refractivity contribution in [3.63, 3.8) is 0 Å². The Labute approximate surface area is 165 Å². The van der Waals surface area contributed by atoms with Gasteiger partial charge in [-0.15, -0.1) is 0 Å². The Morgan fingerprint density at radius 1 is 1.14 bits per heavy atom. The summed E-state index contributed by atoms with van der Waals surface area (Å²) in [5.74, 6) is -0.493. The molecule has 4 aromatic rings. The molecule has 0 radical (unpaired) electrons. The predicted molar refractivity (Wildman–Crippen MR) is 103 cm³/mol. The molecule has 0 aliphatic heterocycles. The lowest BCUT2D eigenvalue weighted by atomic mass is 10.1. The van der Waals surface area contributed by atoms with E-state index in [9.17, 15) is 9.59 Å². The minimum Gasteiger partial charge on any atom is -0.467 e. The highest BCUT2D eigenvalue weighted by molar-refractivity contribution is 6.04. The van der Waals surface area contributed by atoms with Gasteiger partial charge in [-0.05, 0) is 25.1 Å². The maximum Gasteiger partial charge on any atom is 0.339 e. The molecule has 4 rings (SSSR count). The number of hydrogen-bond acceptors (Lipinski definition) is 7. The fourth-order valence-electron chi connectivity index (χ4n) is 2.87. The second-order valence-corrected chi connectivity index (χ2v) is 6.30. The summed E-state index contributed by atoms with van der Waals surface area (Å²) >= 11 is 0. The predicted octanol–water partition coefficient (Wildman–Crippen LogP) is 3.26. The number of pyridine rings is 1. The summed E-state index contributed by atoms with van der Waals surface area (Å²) in [6, 6.07) is 14.4. The Bertz CT molecular complexity index is 1150. The van der Waals surface area contributed by atoms with Gasteiger partial charge in [-0.2, -0.15) is 0 Å². The van der Waals surface area contributed by atoms with Crippen LogP contribution in [0.25, 0.3) is 22.4 Å². The Morgan fingerprint density at radius 2 is 1.97 bits per heavy atom. The SMILES string of the molecule is Cc1noc2nc(-c3ccccc3)cc(C(=O)OCC(=O)NCc3ccco3)c12. The molecule has 0 saturated carbocycles. The van der Waals surface area contributed by atoms with Crippen molar-refractivity contribution >= 4 is 23.0 Å². The third kappa shape index (κ3) is 4.01. The molecule has 29 heavy (non-hydrogen) atoms. The van der Waals surface area contributed by atoms with Crippen molar-refractivity contribution in [1.82, 2.24) is 15.5 Å². The molecule has 3 heterocycles. The monoisotopic (exact) mass is 391 g/mol. The molecule has 0 saturated heterocycles. The first kappa shape index (κ1) is 18.4. The van der Waals surface area contributed by atoms with E-state index in [1.807, 2.05) is 30.3 Å². The Kier molecular flexibility index (Phi) is 5.07. The van der Waals surface area contributed by atoms with Gasteiger partial charge in [0.15, 0.2) is 6.61 Å². The van der Waals surface area contributed by atoms with E-state index >= 15 is 0 Å². The van der Waals surface area contributed by atoms with Gasteiger partial charge < -0.3 is 19.0 Å². The van der Waals surface area contributed by atoms with Gasteiger partial charge in [-0.3, -0.25) is 4.79 Å². The zero-order chi connectivity index (χ0) is 20.2. The van der Waals surface area contributed by atoms with Crippen LogP contribution < -0.4 is 5.32 Å². The normalized spacial score (nSPS) is 10.8. The molecule has 0 spiro atoms. The molecule has 3 aromatic heterocycles. The third-order valence-electron chi connectivity index (χ3n) is 4.28.